The maximum Gasteiger partial charge on any atom is 0.233 e. The molecular formula is C21H17N3O4S. The van der Waals surface area contributed by atoms with Crippen LogP contribution in [0.5, 0.6) is 17.2 Å². The third-order valence-electron chi connectivity index (χ3n) is 4.41. The molecule has 0 saturated carbocycles. The number of hydrogen-bond donors (Lipinski definition) is 0. The van der Waals surface area contributed by atoms with Crippen LogP contribution in [0.15, 0.2) is 52.4 Å². The first-order valence-electron chi connectivity index (χ1n) is 9.19. The van der Waals surface area contributed by atoms with Crippen molar-refractivity contribution in [2.24, 2.45) is 0 Å². The highest BCUT2D eigenvalue weighted by molar-refractivity contribution is 7.10. The van der Waals surface area contributed by atoms with Gasteiger partial charge in [-0.3, -0.25) is 0 Å². The summed E-state index contributed by atoms with van der Waals surface area (Å²) in [5, 5.41) is 7.02. The highest BCUT2D eigenvalue weighted by atomic mass is 32.1. The van der Waals surface area contributed by atoms with E-state index in [9.17, 15) is 0 Å². The zero-order valence-corrected chi connectivity index (χ0v) is 16.4. The van der Waals surface area contributed by atoms with Gasteiger partial charge in [0.2, 0.25) is 18.5 Å². The van der Waals surface area contributed by atoms with Crippen molar-refractivity contribution in [3.63, 3.8) is 0 Å². The van der Waals surface area contributed by atoms with E-state index in [-0.39, 0.29) is 6.79 Å². The molecule has 0 radical (unpaired) electrons. The quantitative estimate of drug-likeness (QED) is 0.463. The number of thiazole rings is 1. The molecular weight excluding hydrogens is 390 g/mol. The maximum atomic E-state index is 5.48. The third-order valence-corrected chi connectivity index (χ3v) is 5.26. The number of hydrogen-bond acceptors (Lipinski definition) is 8. The van der Waals surface area contributed by atoms with E-state index in [2.05, 4.69) is 10.1 Å². The van der Waals surface area contributed by atoms with Crippen LogP contribution in [0.1, 0.15) is 17.8 Å². The number of aromatic nitrogens is 3. The predicted octanol–water partition coefficient (Wildman–Crippen LogP) is 4.58. The normalized spacial score (nSPS) is 12.3. The average molecular weight is 407 g/mol. The smallest absolute Gasteiger partial charge is 0.233 e. The lowest BCUT2D eigenvalue weighted by molar-refractivity contribution is 0.174. The second kappa shape index (κ2) is 7.56. The minimum atomic E-state index is 0.233. The number of benzene rings is 2. The molecule has 29 heavy (non-hydrogen) atoms. The summed E-state index contributed by atoms with van der Waals surface area (Å²) in [5.74, 6) is 3.30. The van der Waals surface area contributed by atoms with Crippen molar-refractivity contribution in [1.82, 2.24) is 15.1 Å². The van der Waals surface area contributed by atoms with Gasteiger partial charge in [0.15, 0.2) is 11.5 Å². The van der Waals surface area contributed by atoms with Crippen molar-refractivity contribution in [2.75, 3.05) is 13.4 Å². The molecule has 0 fully saturated rings. The minimum absolute atomic E-state index is 0.233. The Labute approximate surface area is 170 Å². The third kappa shape index (κ3) is 3.66. The lowest BCUT2D eigenvalue weighted by Crippen LogP contribution is -1.92. The first kappa shape index (κ1) is 17.7. The molecule has 2 aromatic carbocycles. The second-order valence-corrected chi connectivity index (χ2v) is 7.28. The van der Waals surface area contributed by atoms with Crippen molar-refractivity contribution in [3.05, 3.63) is 58.7 Å². The van der Waals surface area contributed by atoms with Crippen LogP contribution in [-0.2, 0) is 6.42 Å². The Hall–Kier alpha value is -3.39. The van der Waals surface area contributed by atoms with Gasteiger partial charge in [-0.25, -0.2) is 4.98 Å². The summed E-state index contributed by atoms with van der Waals surface area (Å²) in [5.41, 5.74) is 2.78. The average Bonchev–Trinajstić information content (AvgIpc) is 3.49. The van der Waals surface area contributed by atoms with Crippen LogP contribution in [0.2, 0.25) is 0 Å². The summed E-state index contributed by atoms with van der Waals surface area (Å²) >= 11 is 1.57. The Morgan fingerprint density at radius 2 is 1.83 bits per heavy atom. The van der Waals surface area contributed by atoms with Gasteiger partial charge in [-0.05, 0) is 49.4 Å². The van der Waals surface area contributed by atoms with Gasteiger partial charge in [0.1, 0.15) is 10.8 Å². The van der Waals surface area contributed by atoms with Crippen LogP contribution in [0.4, 0.5) is 0 Å². The van der Waals surface area contributed by atoms with Gasteiger partial charge < -0.3 is 18.7 Å². The Morgan fingerprint density at radius 3 is 2.69 bits per heavy atom. The molecule has 0 aliphatic carbocycles. The molecule has 0 amide bonds. The Kier molecular flexibility index (Phi) is 4.61. The predicted molar refractivity (Wildman–Crippen MR) is 107 cm³/mol. The molecule has 0 atom stereocenters. The molecule has 7 nitrogen and oxygen atoms in total. The number of rotatable bonds is 6. The molecule has 8 heteroatoms. The molecule has 2 aromatic heterocycles. The SMILES string of the molecule is CCOc1ccc(-c2csc(Cc3nc(-c4ccc5c(c4)OCO5)no3)n2)cc1. The van der Waals surface area contributed by atoms with E-state index >= 15 is 0 Å². The Bertz CT molecular complexity index is 1140. The van der Waals surface area contributed by atoms with Gasteiger partial charge in [0.25, 0.3) is 0 Å². The highest BCUT2D eigenvalue weighted by Gasteiger charge is 2.17. The molecule has 0 bridgehead atoms. The number of nitrogens with zero attached hydrogens (tertiary/aromatic N) is 3. The van der Waals surface area contributed by atoms with E-state index in [4.69, 9.17) is 23.7 Å². The molecule has 0 unspecified atom stereocenters. The number of ether oxygens (including phenoxy) is 3. The van der Waals surface area contributed by atoms with Crippen molar-refractivity contribution >= 4 is 11.3 Å². The molecule has 5 rings (SSSR count). The monoisotopic (exact) mass is 407 g/mol. The van der Waals surface area contributed by atoms with E-state index in [0.29, 0.717) is 30.5 Å². The summed E-state index contributed by atoms with van der Waals surface area (Å²) in [4.78, 5) is 9.19. The van der Waals surface area contributed by atoms with Gasteiger partial charge in [-0.15, -0.1) is 11.3 Å². The maximum absolute atomic E-state index is 5.48. The minimum Gasteiger partial charge on any atom is -0.494 e. The van der Waals surface area contributed by atoms with Gasteiger partial charge in [0, 0.05) is 16.5 Å². The second-order valence-electron chi connectivity index (χ2n) is 6.34. The summed E-state index contributed by atoms with van der Waals surface area (Å²) < 4.78 is 21.6. The molecule has 0 saturated heterocycles. The fourth-order valence-electron chi connectivity index (χ4n) is 3.02. The molecule has 4 aromatic rings. The van der Waals surface area contributed by atoms with E-state index < -0.39 is 0 Å². The molecule has 1 aliphatic heterocycles. The Balaban J connectivity index is 1.30. The standard InChI is InChI=1S/C21H17N3O4S/c1-2-25-15-6-3-13(4-7-15)16-11-29-20(22-16)10-19-23-21(24-28-19)14-5-8-17-18(9-14)27-12-26-17/h3-9,11H,2,10,12H2,1H3. The van der Waals surface area contributed by atoms with Gasteiger partial charge in [0.05, 0.1) is 18.7 Å². The molecule has 1 aliphatic rings. The van der Waals surface area contributed by atoms with E-state index in [0.717, 1.165) is 33.3 Å². The lowest BCUT2D eigenvalue weighted by atomic mass is 10.2. The van der Waals surface area contributed by atoms with Gasteiger partial charge >= 0.3 is 0 Å². The van der Waals surface area contributed by atoms with Crippen LogP contribution in [0, 0.1) is 0 Å². The van der Waals surface area contributed by atoms with Crippen molar-refractivity contribution in [1.29, 1.82) is 0 Å². The van der Waals surface area contributed by atoms with E-state index in [1.165, 1.54) is 0 Å². The van der Waals surface area contributed by atoms with Crippen LogP contribution in [0.3, 0.4) is 0 Å². The van der Waals surface area contributed by atoms with E-state index in [1.54, 1.807) is 11.3 Å². The summed E-state index contributed by atoms with van der Waals surface area (Å²) in [6.45, 7) is 2.85. The largest absolute Gasteiger partial charge is 0.494 e. The van der Waals surface area contributed by atoms with E-state index in [1.807, 2.05) is 54.8 Å². The van der Waals surface area contributed by atoms with Crippen molar-refractivity contribution in [3.8, 4) is 39.9 Å². The highest BCUT2D eigenvalue weighted by Crippen LogP contribution is 2.35. The van der Waals surface area contributed by atoms with Crippen LogP contribution in [-0.4, -0.2) is 28.5 Å². The first-order valence-corrected chi connectivity index (χ1v) is 10.1. The fraction of sp³-hybridized carbons (Fsp3) is 0.190. The van der Waals surface area contributed by atoms with Crippen LogP contribution < -0.4 is 14.2 Å². The first-order chi connectivity index (χ1) is 14.3. The zero-order valence-electron chi connectivity index (χ0n) is 15.6. The van der Waals surface area contributed by atoms with Gasteiger partial charge in [-0.1, -0.05) is 5.16 Å². The summed E-state index contributed by atoms with van der Waals surface area (Å²) in [7, 11) is 0. The van der Waals surface area contributed by atoms with Crippen LogP contribution in [0.25, 0.3) is 22.6 Å². The van der Waals surface area contributed by atoms with Crippen molar-refractivity contribution in [2.45, 2.75) is 13.3 Å². The summed E-state index contributed by atoms with van der Waals surface area (Å²) in [6, 6.07) is 13.5. The topological polar surface area (TPSA) is 79.5 Å². The molecule has 146 valence electrons. The van der Waals surface area contributed by atoms with Crippen molar-refractivity contribution < 1.29 is 18.7 Å². The fourth-order valence-corrected chi connectivity index (χ4v) is 3.82. The Morgan fingerprint density at radius 1 is 1.00 bits per heavy atom. The summed E-state index contributed by atoms with van der Waals surface area (Å²) in [6.07, 6.45) is 0.485. The molecule has 0 N–H and O–H groups in total. The van der Waals surface area contributed by atoms with Gasteiger partial charge in [-0.2, -0.15) is 4.98 Å². The zero-order chi connectivity index (χ0) is 19.6. The van der Waals surface area contributed by atoms with Crippen LogP contribution >= 0.6 is 11.3 Å². The lowest BCUT2D eigenvalue weighted by Gasteiger charge is -2.03. The molecule has 0 spiro atoms. The molecule has 3 heterocycles. The number of fused-ring (bicyclic) bond motifs is 1.